The number of nitriles is 1. The maximum atomic E-state index is 9.06. The number of benzene rings is 1. The van der Waals surface area contributed by atoms with Gasteiger partial charge in [0.15, 0.2) is 0 Å². The van der Waals surface area contributed by atoms with Crippen LogP contribution in [0.1, 0.15) is 61.3 Å². The zero-order valence-electron chi connectivity index (χ0n) is 18.6. The van der Waals surface area contributed by atoms with Crippen LogP contribution in [-0.2, 0) is 11.3 Å². The molecule has 6 nitrogen and oxygen atoms in total. The zero-order chi connectivity index (χ0) is 23.2. The van der Waals surface area contributed by atoms with E-state index in [1.807, 2.05) is 30.3 Å². The van der Waals surface area contributed by atoms with E-state index in [4.69, 9.17) is 37.7 Å². The van der Waals surface area contributed by atoms with Gasteiger partial charge in [-0.25, -0.2) is 4.98 Å². The molecule has 2 bridgehead atoms. The van der Waals surface area contributed by atoms with Crippen LogP contribution < -0.4 is 4.90 Å². The number of nitrogens with zero attached hydrogens (tertiary/aromatic N) is 4. The molecule has 3 atom stereocenters. The van der Waals surface area contributed by atoms with Gasteiger partial charge in [0.05, 0.1) is 28.3 Å². The Morgan fingerprint density at radius 3 is 2.41 bits per heavy atom. The Labute approximate surface area is 208 Å². The average Bonchev–Trinajstić information content (AvgIpc) is 3.55. The van der Waals surface area contributed by atoms with Gasteiger partial charge in [0, 0.05) is 35.3 Å². The molecule has 3 aliphatic rings. The second kappa shape index (κ2) is 8.88. The number of halogens is 2. The highest BCUT2D eigenvalue weighted by Crippen LogP contribution is 2.46. The smallest absolute Gasteiger partial charge is 0.145 e. The van der Waals surface area contributed by atoms with Crippen LogP contribution in [0.4, 0.5) is 5.82 Å². The highest BCUT2D eigenvalue weighted by Gasteiger charge is 2.42. The fraction of sp³-hybridized carbons (Fsp3) is 0.423. The molecular weight excluding hydrogens is 471 g/mol. The van der Waals surface area contributed by atoms with Crippen LogP contribution in [0, 0.1) is 11.3 Å². The molecule has 0 amide bonds. The van der Waals surface area contributed by atoms with Gasteiger partial charge in [0.25, 0.3) is 0 Å². The van der Waals surface area contributed by atoms with E-state index in [2.05, 4.69) is 21.1 Å². The van der Waals surface area contributed by atoms with E-state index in [9.17, 15) is 0 Å². The lowest BCUT2D eigenvalue weighted by molar-refractivity contribution is 0.0146. The molecule has 0 radical (unpaired) electrons. The average molecular weight is 495 g/mol. The van der Waals surface area contributed by atoms with Crippen LogP contribution in [0.3, 0.4) is 0 Å². The molecule has 1 aromatic carbocycles. The molecule has 0 N–H and O–H groups in total. The second-order valence-corrected chi connectivity index (χ2v) is 10.3. The van der Waals surface area contributed by atoms with E-state index >= 15 is 0 Å². The Morgan fingerprint density at radius 2 is 1.79 bits per heavy atom. The van der Waals surface area contributed by atoms with E-state index in [-0.39, 0.29) is 6.10 Å². The van der Waals surface area contributed by atoms with Crippen LogP contribution in [-0.4, -0.2) is 28.3 Å². The third-order valence-electron chi connectivity index (χ3n) is 7.26. The molecule has 4 heterocycles. The van der Waals surface area contributed by atoms with Gasteiger partial charge in [0.2, 0.25) is 0 Å². The fourth-order valence-corrected chi connectivity index (χ4v) is 6.07. The summed E-state index contributed by atoms with van der Waals surface area (Å²) in [5, 5.41) is 14.6. The van der Waals surface area contributed by atoms with Gasteiger partial charge >= 0.3 is 0 Å². The van der Waals surface area contributed by atoms with Crippen LogP contribution in [0.25, 0.3) is 11.3 Å². The Kier molecular flexibility index (Phi) is 5.73. The number of fused-ring (bicyclic) bond motifs is 2. The first-order valence-corrected chi connectivity index (χ1v) is 12.6. The first-order chi connectivity index (χ1) is 16.6. The highest BCUT2D eigenvalue weighted by molar-refractivity contribution is 6.39. The lowest BCUT2D eigenvalue weighted by Gasteiger charge is -2.39. The second-order valence-electron chi connectivity index (χ2n) is 9.46. The van der Waals surface area contributed by atoms with Crippen molar-refractivity contribution in [2.45, 2.75) is 69.2 Å². The van der Waals surface area contributed by atoms with Crippen LogP contribution in [0.2, 0.25) is 10.0 Å². The quantitative estimate of drug-likeness (QED) is 0.388. The van der Waals surface area contributed by atoms with Gasteiger partial charge in [-0.2, -0.15) is 5.26 Å². The molecule has 0 spiro atoms. The maximum Gasteiger partial charge on any atom is 0.145 e. The van der Waals surface area contributed by atoms with Crippen molar-refractivity contribution in [3.63, 3.8) is 0 Å². The lowest BCUT2D eigenvalue weighted by atomic mass is 9.99. The maximum absolute atomic E-state index is 9.06. The number of anilines is 1. The third kappa shape index (κ3) is 3.96. The molecule has 1 unspecified atom stereocenters. The topological polar surface area (TPSA) is 75.2 Å². The zero-order valence-corrected chi connectivity index (χ0v) is 20.1. The number of piperidine rings is 1. The molecule has 6 rings (SSSR count). The van der Waals surface area contributed by atoms with E-state index in [1.54, 1.807) is 6.20 Å². The van der Waals surface area contributed by atoms with Crippen molar-refractivity contribution in [1.29, 1.82) is 5.26 Å². The van der Waals surface area contributed by atoms with Gasteiger partial charge in [-0.1, -0.05) is 34.4 Å². The van der Waals surface area contributed by atoms with Crippen molar-refractivity contribution < 1.29 is 9.26 Å². The number of ether oxygens (including phenoxy) is 1. The van der Waals surface area contributed by atoms with Crippen molar-refractivity contribution in [1.82, 2.24) is 10.1 Å². The van der Waals surface area contributed by atoms with Crippen LogP contribution in [0.15, 0.2) is 41.1 Å². The number of aromatic nitrogens is 2. The number of hydrogen-bond acceptors (Lipinski definition) is 6. The monoisotopic (exact) mass is 494 g/mol. The summed E-state index contributed by atoms with van der Waals surface area (Å²) in [6, 6.07) is 12.2. The van der Waals surface area contributed by atoms with Crippen molar-refractivity contribution in [3.05, 3.63) is 63.5 Å². The summed E-state index contributed by atoms with van der Waals surface area (Å²) in [7, 11) is 0. The standard InChI is InChI=1S/C26H24Cl2N4O2/c27-21-2-1-3-22(28)24(21)25-20(26(34-31-25)16-5-6-16)14-33-19-10-17-7-8-18(11-19)32(17)23-9-4-15(12-29)13-30-23/h1-4,9,13,16-19H,5-8,10-11,14H2/t17-,18+,19?. The summed E-state index contributed by atoms with van der Waals surface area (Å²) in [6.45, 7) is 0.436. The summed E-state index contributed by atoms with van der Waals surface area (Å²) >= 11 is 13.0. The lowest BCUT2D eigenvalue weighted by Crippen LogP contribution is -2.46. The number of hydrogen-bond donors (Lipinski definition) is 0. The minimum absolute atomic E-state index is 0.156. The predicted octanol–water partition coefficient (Wildman–Crippen LogP) is 6.51. The molecule has 1 aliphatic carbocycles. The first kappa shape index (κ1) is 21.9. The minimum atomic E-state index is 0.156. The SMILES string of the molecule is N#Cc1ccc(N2[C@@H]3CC[C@H]2CC(OCc2c(-c4c(Cl)cccc4Cl)noc2C2CC2)C3)nc1. The van der Waals surface area contributed by atoms with E-state index < -0.39 is 0 Å². The molecule has 34 heavy (non-hydrogen) atoms. The summed E-state index contributed by atoms with van der Waals surface area (Å²) in [5.74, 6) is 2.27. The molecule has 1 saturated carbocycles. The molecule has 2 saturated heterocycles. The van der Waals surface area contributed by atoms with Crippen molar-refractivity contribution >= 4 is 29.0 Å². The van der Waals surface area contributed by atoms with Crippen molar-refractivity contribution in [2.24, 2.45) is 0 Å². The van der Waals surface area contributed by atoms with Gasteiger partial charge in [-0.05, 0) is 62.8 Å². The summed E-state index contributed by atoms with van der Waals surface area (Å²) in [4.78, 5) is 6.96. The molecule has 8 heteroatoms. The summed E-state index contributed by atoms with van der Waals surface area (Å²) in [6.07, 6.45) is 8.19. The van der Waals surface area contributed by atoms with Crippen LogP contribution >= 0.6 is 23.2 Å². The van der Waals surface area contributed by atoms with E-state index in [0.29, 0.717) is 51.5 Å². The van der Waals surface area contributed by atoms with Gasteiger partial charge in [-0.3, -0.25) is 0 Å². The Balaban J connectivity index is 1.20. The van der Waals surface area contributed by atoms with Gasteiger partial charge < -0.3 is 14.2 Å². The number of rotatable bonds is 6. The minimum Gasteiger partial charge on any atom is -0.373 e. The van der Waals surface area contributed by atoms with Crippen molar-refractivity contribution in [2.75, 3.05) is 4.90 Å². The number of pyridine rings is 1. The van der Waals surface area contributed by atoms with Crippen molar-refractivity contribution in [3.8, 4) is 17.3 Å². The molecule has 174 valence electrons. The summed E-state index contributed by atoms with van der Waals surface area (Å²) < 4.78 is 12.3. The first-order valence-electron chi connectivity index (χ1n) is 11.8. The Hall–Kier alpha value is -2.59. The van der Waals surface area contributed by atoms with Gasteiger partial charge in [0.1, 0.15) is 23.3 Å². The largest absolute Gasteiger partial charge is 0.373 e. The normalized spacial score (nSPS) is 23.8. The van der Waals surface area contributed by atoms with E-state index in [1.165, 1.54) is 0 Å². The Bertz CT molecular complexity index is 1210. The predicted molar refractivity (Wildman–Crippen MR) is 130 cm³/mol. The third-order valence-corrected chi connectivity index (χ3v) is 7.89. The molecule has 2 aliphatic heterocycles. The Morgan fingerprint density at radius 1 is 1.06 bits per heavy atom. The summed E-state index contributed by atoms with van der Waals surface area (Å²) in [5.41, 5.74) is 2.96. The van der Waals surface area contributed by atoms with Gasteiger partial charge in [-0.15, -0.1) is 0 Å². The highest BCUT2D eigenvalue weighted by atomic mass is 35.5. The molecular formula is C26H24Cl2N4O2. The molecule has 3 aromatic rings. The molecule has 3 fully saturated rings. The fourth-order valence-electron chi connectivity index (χ4n) is 5.49. The van der Waals surface area contributed by atoms with Crippen LogP contribution in [0.5, 0.6) is 0 Å². The van der Waals surface area contributed by atoms with E-state index in [0.717, 1.165) is 55.7 Å². The molecule has 2 aromatic heterocycles.